The molecule has 0 saturated heterocycles. The van der Waals surface area contributed by atoms with E-state index in [1.54, 1.807) is 0 Å². The van der Waals surface area contributed by atoms with E-state index in [4.69, 9.17) is 10.5 Å². The van der Waals surface area contributed by atoms with Crippen molar-refractivity contribution >= 4 is 5.97 Å². The first-order valence-corrected chi connectivity index (χ1v) is 4.46. The maximum atomic E-state index is 11.4. The van der Waals surface area contributed by atoms with E-state index in [-0.39, 0.29) is 12.1 Å². The summed E-state index contributed by atoms with van der Waals surface area (Å²) < 4.78 is 5.03. The highest BCUT2D eigenvalue weighted by atomic mass is 16.5. The third-order valence-electron chi connectivity index (χ3n) is 2.01. The summed E-state index contributed by atoms with van der Waals surface area (Å²) in [5.74, 6) is -0.289. The molecule has 0 spiro atoms. The summed E-state index contributed by atoms with van der Waals surface area (Å²) in [5.41, 5.74) is 5.03. The largest absolute Gasteiger partial charge is 0.462 e. The molecule has 0 bridgehead atoms. The number of hydrogen-bond donors (Lipinski definition) is 1. The molecule has 0 aliphatic carbocycles. The van der Waals surface area contributed by atoms with Crippen LogP contribution in [0.2, 0.25) is 0 Å². The highest BCUT2D eigenvalue weighted by Gasteiger charge is 2.31. The second-order valence-electron chi connectivity index (χ2n) is 3.32. The van der Waals surface area contributed by atoms with Crippen LogP contribution in [0.4, 0.5) is 0 Å². The zero-order valence-corrected chi connectivity index (χ0v) is 8.39. The molecule has 0 heterocycles. The maximum Gasteiger partial charge on any atom is 0.326 e. The quantitative estimate of drug-likeness (QED) is 0.655. The van der Waals surface area contributed by atoms with Gasteiger partial charge in [-0.15, -0.1) is 0 Å². The number of nitrogens with two attached hydrogens (primary N) is 1. The van der Waals surface area contributed by atoms with Gasteiger partial charge in [0.2, 0.25) is 0 Å². The molecular formula is C9H19NO2. The van der Waals surface area contributed by atoms with E-state index < -0.39 is 5.54 Å². The number of hydrogen-bond acceptors (Lipinski definition) is 3. The van der Waals surface area contributed by atoms with Crippen LogP contribution in [-0.4, -0.2) is 17.6 Å². The average Bonchev–Trinajstić information content (AvgIpc) is 2.02. The fourth-order valence-electron chi connectivity index (χ4n) is 0.870. The van der Waals surface area contributed by atoms with Crippen LogP contribution in [0.25, 0.3) is 0 Å². The number of carbonyl (C=O) groups is 1. The standard InChI is InChI=1S/C9H19NO2/c1-5-9(10,6-2)8(11)12-7(3)4/h7H,5-6,10H2,1-4H3. The lowest BCUT2D eigenvalue weighted by Crippen LogP contribution is -2.48. The molecule has 0 rings (SSSR count). The summed E-state index contributed by atoms with van der Waals surface area (Å²) in [6.07, 6.45) is 1.16. The molecule has 0 aliphatic rings. The van der Waals surface area contributed by atoms with Gasteiger partial charge in [-0.1, -0.05) is 13.8 Å². The fourth-order valence-corrected chi connectivity index (χ4v) is 0.870. The van der Waals surface area contributed by atoms with Gasteiger partial charge in [-0.25, -0.2) is 0 Å². The zero-order chi connectivity index (χ0) is 9.78. The first kappa shape index (κ1) is 11.4. The second kappa shape index (κ2) is 4.45. The van der Waals surface area contributed by atoms with Crippen molar-refractivity contribution in [3.63, 3.8) is 0 Å². The predicted octanol–water partition coefficient (Wildman–Crippen LogP) is 1.46. The molecule has 0 aliphatic heterocycles. The molecule has 0 aromatic rings. The summed E-state index contributed by atoms with van der Waals surface area (Å²) in [4.78, 5) is 11.4. The summed E-state index contributed by atoms with van der Waals surface area (Å²) in [5, 5.41) is 0. The van der Waals surface area contributed by atoms with Crippen LogP contribution >= 0.6 is 0 Å². The van der Waals surface area contributed by atoms with Crippen molar-refractivity contribution in [1.29, 1.82) is 0 Å². The molecule has 72 valence electrons. The smallest absolute Gasteiger partial charge is 0.326 e. The second-order valence-corrected chi connectivity index (χ2v) is 3.32. The molecule has 0 aromatic carbocycles. The van der Waals surface area contributed by atoms with Crippen LogP contribution in [0.5, 0.6) is 0 Å². The lowest BCUT2D eigenvalue weighted by molar-refractivity contribution is -0.154. The van der Waals surface area contributed by atoms with Crippen LogP contribution in [-0.2, 0) is 9.53 Å². The number of rotatable bonds is 4. The van der Waals surface area contributed by atoms with E-state index in [2.05, 4.69) is 0 Å². The van der Waals surface area contributed by atoms with E-state index in [1.165, 1.54) is 0 Å². The van der Waals surface area contributed by atoms with Crippen LogP contribution < -0.4 is 5.73 Å². The third kappa shape index (κ3) is 2.81. The summed E-state index contributed by atoms with van der Waals surface area (Å²) in [6.45, 7) is 7.43. The van der Waals surface area contributed by atoms with E-state index in [0.29, 0.717) is 12.8 Å². The zero-order valence-electron chi connectivity index (χ0n) is 8.39. The number of carbonyl (C=O) groups excluding carboxylic acids is 1. The molecule has 0 atom stereocenters. The number of esters is 1. The van der Waals surface area contributed by atoms with Gasteiger partial charge in [0, 0.05) is 0 Å². The maximum absolute atomic E-state index is 11.4. The first-order chi connectivity index (χ1) is 5.46. The molecule has 0 aromatic heterocycles. The summed E-state index contributed by atoms with van der Waals surface area (Å²) in [6, 6.07) is 0. The van der Waals surface area contributed by atoms with Crippen molar-refractivity contribution < 1.29 is 9.53 Å². The van der Waals surface area contributed by atoms with Crippen molar-refractivity contribution in [1.82, 2.24) is 0 Å². The van der Waals surface area contributed by atoms with E-state index in [1.807, 2.05) is 27.7 Å². The molecule has 3 heteroatoms. The Morgan fingerprint density at radius 1 is 1.42 bits per heavy atom. The van der Waals surface area contributed by atoms with Gasteiger partial charge >= 0.3 is 5.97 Å². The highest BCUT2D eigenvalue weighted by molar-refractivity contribution is 5.80. The Bertz CT molecular complexity index is 151. The Morgan fingerprint density at radius 2 is 1.83 bits per heavy atom. The van der Waals surface area contributed by atoms with Crippen molar-refractivity contribution in [2.24, 2.45) is 5.73 Å². The van der Waals surface area contributed by atoms with Crippen molar-refractivity contribution in [2.45, 2.75) is 52.2 Å². The van der Waals surface area contributed by atoms with Crippen LogP contribution in [0, 0.1) is 0 Å². The Balaban J connectivity index is 4.22. The monoisotopic (exact) mass is 173 g/mol. The van der Waals surface area contributed by atoms with Gasteiger partial charge < -0.3 is 10.5 Å². The summed E-state index contributed by atoms with van der Waals surface area (Å²) >= 11 is 0. The summed E-state index contributed by atoms with van der Waals surface area (Å²) in [7, 11) is 0. The Hall–Kier alpha value is -0.570. The Kier molecular flexibility index (Phi) is 4.24. The minimum atomic E-state index is -0.787. The van der Waals surface area contributed by atoms with Gasteiger partial charge in [0.25, 0.3) is 0 Å². The normalized spacial score (nSPS) is 11.8. The minimum absolute atomic E-state index is 0.0847. The fraction of sp³-hybridized carbons (Fsp3) is 0.889. The third-order valence-corrected chi connectivity index (χ3v) is 2.01. The van der Waals surface area contributed by atoms with E-state index in [0.717, 1.165) is 0 Å². The molecule has 12 heavy (non-hydrogen) atoms. The van der Waals surface area contributed by atoms with Gasteiger partial charge in [0.05, 0.1) is 6.10 Å². The van der Waals surface area contributed by atoms with Gasteiger partial charge in [0.15, 0.2) is 0 Å². The molecule has 0 fully saturated rings. The Morgan fingerprint density at radius 3 is 2.08 bits per heavy atom. The van der Waals surface area contributed by atoms with Gasteiger partial charge in [-0.2, -0.15) is 0 Å². The first-order valence-electron chi connectivity index (χ1n) is 4.46. The highest BCUT2D eigenvalue weighted by Crippen LogP contribution is 2.14. The molecule has 2 N–H and O–H groups in total. The lowest BCUT2D eigenvalue weighted by Gasteiger charge is -2.25. The topological polar surface area (TPSA) is 52.3 Å². The number of ether oxygens (including phenoxy) is 1. The SMILES string of the molecule is CCC(N)(CC)C(=O)OC(C)C. The molecule has 0 saturated carbocycles. The van der Waals surface area contributed by atoms with Crippen molar-refractivity contribution in [2.75, 3.05) is 0 Å². The van der Waals surface area contributed by atoms with Crippen molar-refractivity contribution in [3.8, 4) is 0 Å². The van der Waals surface area contributed by atoms with Crippen LogP contribution in [0.15, 0.2) is 0 Å². The lowest BCUT2D eigenvalue weighted by atomic mass is 9.94. The van der Waals surface area contributed by atoms with Crippen LogP contribution in [0.3, 0.4) is 0 Å². The molecule has 0 amide bonds. The van der Waals surface area contributed by atoms with E-state index in [9.17, 15) is 4.79 Å². The minimum Gasteiger partial charge on any atom is -0.462 e. The van der Waals surface area contributed by atoms with E-state index >= 15 is 0 Å². The molecule has 0 radical (unpaired) electrons. The van der Waals surface area contributed by atoms with Crippen LogP contribution in [0.1, 0.15) is 40.5 Å². The van der Waals surface area contributed by atoms with Gasteiger partial charge in [-0.05, 0) is 26.7 Å². The Labute approximate surface area is 74.3 Å². The average molecular weight is 173 g/mol. The molecule has 3 nitrogen and oxygen atoms in total. The molecule has 0 unspecified atom stereocenters. The van der Waals surface area contributed by atoms with Gasteiger partial charge in [-0.3, -0.25) is 4.79 Å². The molecular weight excluding hydrogens is 154 g/mol. The predicted molar refractivity (Wildman–Crippen MR) is 48.7 cm³/mol. The van der Waals surface area contributed by atoms with Gasteiger partial charge in [0.1, 0.15) is 5.54 Å². The van der Waals surface area contributed by atoms with Crippen molar-refractivity contribution in [3.05, 3.63) is 0 Å².